The average molecular weight is 307 g/mol. The second kappa shape index (κ2) is 9.05. The zero-order valence-corrected chi connectivity index (χ0v) is 12.0. The standard InChI is InChI=1S/C5H7N3O11.Na/c9-4(10)5(1-17-6(11)12,2-18-7(13)14)3-19-8(15)16;/h1-3H2,(H,9,10);/q;+1/p-1. The van der Waals surface area contributed by atoms with Crippen molar-refractivity contribution >= 4 is 5.97 Å². The Morgan fingerprint density at radius 3 is 1.25 bits per heavy atom. The Bertz CT molecular complexity index is 341. The number of rotatable bonds is 10. The van der Waals surface area contributed by atoms with E-state index in [1.165, 1.54) is 0 Å². The zero-order valence-electron chi connectivity index (χ0n) is 9.95. The molecule has 0 fully saturated rings. The van der Waals surface area contributed by atoms with Gasteiger partial charge in [0.1, 0.15) is 19.8 Å². The topological polar surface area (TPSA) is 197 Å². The van der Waals surface area contributed by atoms with E-state index in [9.17, 15) is 40.2 Å². The van der Waals surface area contributed by atoms with Crippen LogP contribution >= 0.6 is 0 Å². The first-order chi connectivity index (χ1) is 8.69. The zero-order chi connectivity index (χ0) is 15.1. The van der Waals surface area contributed by atoms with Gasteiger partial charge < -0.3 is 24.4 Å². The molecule has 0 unspecified atom stereocenters. The molecule has 0 aromatic heterocycles. The molecule has 20 heavy (non-hydrogen) atoms. The number of carbonyl (C=O) groups is 1. The van der Waals surface area contributed by atoms with Gasteiger partial charge in [0, 0.05) is 0 Å². The van der Waals surface area contributed by atoms with Crippen molar-refractivity contribution < 1.29 is 69.2 Å². The van der Waals surface area contributed by atoms with E-state index in [1.807, 2.05) is 0 Å². The summed E-state index contributed by atoms with van der Waals surface area (Å²) in [4.78, 5) is 51.9. The van der Waals surface area contributed by atoms with Crippen molar-refractivity contribution in [1.29, 1.82) is 0 Å². The molecule has 0 saturated heterocycles. The molecule has 0 saturated carbocycles. The van der Waals surface area contributed by atoms with Crippen LogP contribution in [-0.4, -0.2) is 41.0 Å². The second-order valence-electron chi connectivity index (χ2n) is 3.06. The van der Waals surface area contributed by atoms with Crippen molar-refractivity contribution in [1.82, 2.24) is 0 Å². The monoisotopic (exact) mass is 307 g/mol. The maximum Gasteiger partial charge on any atom is 1.00 e. The molecule has 0 heterocycles. The van der Waals surface area contributed by atoms with E-state index >= 15 is 0 Å². The summed E-state index contributed by atoms with van der Waals surface area (Å²) in [6.45, 7) is -3.86. The minimum Gasteiger partial charge on any atom is -0.549 e. The Hall–Kier alpha value is -1.93. The fourth-order valence-corrected chi connectivity index (χ4v) is 0.831. The summed E-state index contributed by atoms with van der Waals surface area (Å²) in [6, 6.07) is 0. The molecule has 0 atom stereocenters. The van der Waals surface area contributed by atoms with Gasteiger partial charge in [0.05, 0.1) is 11.4 Å². The van der Waals surface area contributed by atoms with Gasteiger partial charge in [0.2, 0.25) is 0 Å². The van der Waals surface area contributed by atoms with Crippen LogP contribution in [0.3, 0.4) is 0 Å². The van der Waals surface area contributed by atoms with Crippen molar-refractivity contribution in [3.05, 3.63) is 30.3 Å². The van der Waals surface area contributed by atoms with Crippen molar-refractivity contribution in [2.75, 3.05) is 19.8 Å². The molecule has 0 aromatic carbocycles. The number of carboxylic acid groups (broad SMARTS) is 1. The third-order valence-corrected chi connectivity index (χ3v) is 1.77. The molecule has 0 aliphatic heterocycles. The number of aliphatic carboxylic acids is 1. The molecule has 0 N–H and O–H groups in total. The van der Waals surface area contributed by atoms with E-state index in [-0.39, 0.29) is 29.6 Å². The van der Waals surface area contributed by atoms with Crippen molar-refractivity contribution in [3.63, 3.8) is 0 Å². The molecule has 108 valence electrons. The molecule has 0 aliphatic rings. The molecule has 0 aromatic rings. The number of nitrogens with zero attached hydrogens (tertiary/aromatic N) is 3. The number of carboxylic acids is 1. The fraction of sp³-hybridized carbons (Fsp3) is 0.800. The van der Waals surface area contributed by atoms with Crippen molar-refractivity contribution in [3.8, 4) is 0 Å². The quantitative estimate of drug-likeness (QED) is 0.212. The van der Waals surface area contributed by atoms with Crippen LogP contribution in [0.25, 0.3) is 0 Å². The molecule has 14 nitrogen and oxygen atoms in total. The fourth-order valence-electron chi connectivity index (χ4n) is 0.831. The maximum atomic E-state index is 10.8. The Morgan fingerprint density at radius 1 is 0.850 bits per heavy atom. The number of hydrogen-bond acceptors (Lipinski definition) is 11. The number of carbonyl (C=O) groups excluding carboxylic acids is 1. The van der Waals surface area contributed by atoms with Crippen LogP contribution in [0.2, 0.25) is 0 Å². The molecule has 15 heteroatoms. The van der Waals surface area contributed by atoms with Crippen molar-refractivity contribution in [2.45, 2.75) is 0 Å². The molecule has 0 bridgehead atoms. The summed E-state index contributed by atoms with van der Waals surface area (Å²) < 4.78 is 0. The SMILES string of the molecule is O=C([O-])C(CO[N+](=O)[O-])(CO[N+](=O)[O-])CO[N+](=O)[O-].[Na+]. The van der Waals surface area contributed by atoms with Gasteiger partial charge in [-0.1, -0.05) is 0 Å². The van der Waals surface area contributed by atoms with E-state index in [4.69, 9.17) is 0 Å². The Morgan fingerprint density at radius 2 is 1.10 bits per heavy atom. The largest absolute Gasteiger partial charge is 1.00 e. The van der Waals surface area contributed by atoms with E-state index in [2.05, 4.69) is 14.5 Å². The minimum absolute atomic E-state index is 0. The van der Waals surface area contributed by atoms with Crippen LogP contribution in [0.1, 0.15) is 0 Å². The third-order valence-electron chi connectivity index (χ3n) is 1.77. The first kappa shape index (κ1) is 20.4. The van der Waals surface area contributed by atoms with Crippen LogP contribution < -0.4 is 34.7 Å². The van der Waals surface area contributed by atoms with Gasteiger partial charge >= 0.3 is 29.6 Å². The van der Waals surface area contributed by atoms with Crippen LogP contribution in [0.5, 0.6) is 0 Å². The number of hydrogen-bond donors (Lipinski definition) is 0. The Kier molecular flexibility index (Phi) is 9.23. The van der Waals surface area contributed by atoms with Gasteiger partial charge in [0.15, 0.2) is 0 Å². The van der Waals surface area contributed by atoms with Gasteiger partial charge in [0.25, 0.3) is 15.3 Å². The molecule has 0 aliphatic carbocycles. The van der Waals surface area contributed by atoms with E-state index in [1.54, 1.807) is 0 Å². The smallest absolute Gasteiger partial charge is 0.549 e. The van der Waals surface area contributed by atoms with E-state index in [0.29, 0.717) is 0 Å². The molecule has 0 amide bonds. The van der Waals surface area contributed by atoms with Gasteiger partial charge in [-0.05, 0) is 0 Å². The molecule has 0 spiro atoms. The molecular weight excluding hydrogens is 301 g/mol. The summed E-state index contributed by atoms with van der Waals surface area (Å²) in [5, 5.41) is 36.6. The van der Waals surface area contributed by atoms with Gasteiger partial charge in [-0.25, -0.2) is 0 Å². The first-order valence-electron chi connectivity index (χ1n) is 4.23. The normalized spacial score (nSPS) is 9.80. The summed E-state index contributed by atoms with van der Waals surface area (Å²) in [5.74, 6) is -2.11. The summed E-state index contributed by atoms with van der Waals surface area (Å²) >= 11 is 0. The summed E-state index contributed by atoms with van der Waals surface area (Å²) in [7, 11) is 0. The Balaban J connectivity index is 0. The predicted octanol–water partition coefficient (Wildman–Crippen LogP) is -5.65. The minimum atomic E-state index is -2.59. The van der Waals surface area contributed by atoms with E-state index < -0.39 is 46.5 Å². The maximum absolute atomic E-state index is 10.8. The van der Waals surface area contributed by atoms with Crippen LogP contribution in [0, 0.1) is 35.8 Å². The van der Waals surface area contributed by atoms with Gasteiger partial charge in [-0.15, -0.1) is 30.3 Å². The molecule has 0 rings (SSSR count). The second-order valence-corrected chi connectivity index (χ2v) is 3.06. The average Bonchev–Trinajstić information content (AvgIpc) is 2.27. The molecule has 0 radical (unpaired) electrons. The predicted molar refractivity (Wildman–Crippen MR) is 46.3 cm³/mol. The summed E-state index contributed by atoms with van der Waals surface area (Å²) in [5.41, 5.74) is -2.59. The third kappa shape index (κ3) is 7.49. The van der Waals surface area contributed by atoms with Gasteiger partial charge in [-0.3, -0.25) is 0 Å². The van der Waals surface area contributed by atoms with Crippen LogP contribution in [0.15, 0.2) is 0 Å². The summed E-state index contributed by atoms with van der Waals surface area (Å²) in [6.07, 6.45) is 0. The van der Waals surface area contributed by atoms with Crippen molar-refractivity contribution in [2.24, 2.45) is 5.41 Å². The molecular formula is C5H6N3NaO11. The van der Waals surface area contributed by atoms with E-state index in [0.717, 1.165) is 0 Å². The van der Waals surface area contributed by atoms with Crippen LogP contribution in [-0.2, 0) is 19.3 Å². The van der Waals surface area contributed by atoms with Crippen LogP contribution in [0.4, 0.5) is 0 Å². The first-order valence-corrected chi connectivity index (χ1v) is 4.23. The Labute approximate surface area is 131 Å². The van der Waals surface area contributed by atoms with Gasteiger partial charge in [-0.2, -0.15) is 0 Å².